The highest BCUT2D eigenvalue weighted by Gasteiger charge is 2.28. The van der Waals surface area contributed by atoms with Gasteiger partial charge in [0.05, 0.1) is 19.7 Å². The molecule has 0 bridgehead atoms. The Kier molecular flexibility index (Phi) is 2.96. The van der Waals surface area contributed by atoms with Gasteiger partial charge < -0.3 is 9.13 Å². The average molecular weight is 182 g/mol. The van der Waals surface area contributed by atoms with E-state index in [2.05, 4.69) is 0 Å². The highest BCUT2D eigenvalue weighted by molar-refractivity contribution is 7.80. The lowest BCUT2D eigenvalue weighted by atomic mass is 11.0. The first kappa shape index (κ1) is 10.5. The van der Waals surface area contributed by atoms with Crippen LogP contribution in [0.4, 0.5) is 0 Å². The van der Waals surface area contributed by atoms with Crippen LogP contribution in [0.3, 0.4) is 0 Å². The molecular weight excluding hydrogens is 166 g/mol. The minimum absolute atomic E-state index is 0.125. The van der Waals surface area contributed by atoms with Gasteiger partial charge >= 0.3 is 0 Å². The van der Waals surface area contributed by atoms with E-state index < -0.39 is 14.3 Å². The predicted octanol–water partition coefficient (Wildman–Crippen LogP) is 2.58. The molecule has 0 spiro atoms. The quantitative estimate of drug-likeness (QED) is 0.615. The van der Waals surface area contributed by atoms with E-state index in [0.717, 1.165) is 0 Å². The smallest absolute Gasteiger partial charge is 0.0915 e. The minimum Gasteiger partial charge on any atom is -0.323 e. The summed E-state index contributed by atoms with van der Waals surface area (Å²) < 4.78 is 22.8. The van der Waals surface area contributed by atoms with Gasteiger partial charge in [-0.15, -0.1) is 0 Å². The van der Waals surface area contributed by atoms with Crippen molar-refractivity contribution in [2.24, 2.45) is 0 Å². The van der Waals surface area contributed by atoms with Crippen LogP contribution < -0.4 is 0 Å². The van der Waals surface area contributed by atoms with Crippen molar-refractivity contribution in [3.8, 4) is 0 Å². The molecule has 0 rings (SSSR count). The lowest BCUT2D eigenvalue weighted by Gasteiger charge is -2.20. The van der Waals surface area contributed by atoms with Crippen molar-refractivity contribution in [2.75, 3.05) is 26.7 Å². The van der Waals surface area contributed by atoms with Crippen LogP contribution >= 0.6 is 14.3 Å². The maximum atomic E-state index is 11.4. The lowest BCUT2D eigenvalue weighted by molar-refractivity contribution is 0.570. The number of hydrogen-bond acceptors (Lipinski definition) is 2. The van der Waals surface area contributed by atoms with E-state index in [4.69, 9.17) is 0 Å². The molecule has 4 heteroatoms. The molecule has 0 aromatic rings. The monoisotopic (exact) mass is 182 g/mol. The van der Waals surface area contributed by atoms with Crippen molar-refractivity contribution in [1.29, 1.82) is 0 Å². The van der Waals surface area contributed by atoms with Crippen molar-refractivity contribution in [1.82, 2.24) is 0 Å². The first-order chi connectivity index (χ1) is 4.15. The van der Waals surface area contributed by atoms with Gasteiger partial charge in [-0.2, -0.15) is 0 Å². The maximum absolute atomic E-state index is 11.4. The zero-order chi connectivity index (χ0) is 8.58. The zero-order valence-electron chi connectivity index (χ0n) is 7.29. The molecule has 10 heavy (non-hydrogen) atoms. The molecule has 0 saturated carbocycles. The van der Waals surface area contributed by atoms with Crippen LogP contribution in [0.15, 0.2) is 0 Å². The van der Waals surface area contributed by atoms with Crippen LogP contribution in [0, 0.1) is 0 Å². The third-order valence-corrected chi connectivity index (χ3v) is 8.74. The molecule has 0 fully saturated rings. The summed E-state index contributed by atoms with van der Waals surface area (Å²) in [6.07, 6.45) is 0. The van der Waals surface area contributed by atoms with Gasteiger partial charge in [0.15, 0.2) is 0 Å². The minimum atomic E-state index is -2.14. The molecule has 0 unspecified atom stereocenters. The fourth-order valence-corrected chi connectivity index (χ4v) is 6.03. The second-order valence-corrected chi connectivity index (χ2v) is 11.2. The Bertz CT molecular complexity index is 176. The molecule has 0 aliphatic carbocycles. The Labute approximate surface area is 63.1 Å². The van der Waals surface area contributed by atoms with E-state index in [1.807, 2.05) is 6.92 Å². The molecule has 0 aliphatic heterocycles. The van der Waals surface area contributed by atoms with E-state index in [1.165, 1.54) is 0 Å². The lowest BCUT2D eigenvalue weighted by Crippen LogP contribution is -2.01. The average Bonchev–Trinajstić information content (AvgIpc) is 1.59. The van der Waals surface area contributed by atoms with Crippen molar-refractivity contribution in [3.63, 3.8) is 0 Å². The van der Waals surface area contributed by atoms with Crippen LogP contribution in [0.5, 0.6) is 0 Å². The molecule has 0 radical (unpaired) electrons. The van der Waals surface area contributed by atoms with Crippen LogP contribution in [0.1, 0.15) is 6.92 Å². The molecule has 0 N–H and O–H groups in total. The molecule has 0 amide bonds. The Morgan fingerprint density at radius 1 is 0.900 bits per heavy atom. The molecular formula is C6H16O2P2. The predicted molar refractivity (Wildman–Crippen MR) is 48.4 cm³/mol. The van der Waals surface area contributed by atoms with E-state index in [1.54, 1.807) is 26.7 Å². The van der Waals surface area contributed by atoms with Crippen molar-refractivity contribution < 1.29 is 9.13 Å². The van der Waals surface area contributed by atoms with Gasteiger partial charge in [0, 0.05) is 0 Å². The largest absolute Gasteiger partial charge is 0.323 e. The molecule has 62 valence electrons. The Morgan fingerprint density at radius 3 is 1.10 bits per heavy atom. The van der Waals surface area contributed by atoms with Crippen LogP contribution in [0.2, 0.25) is 0 Å². The third-order valence-electron chi connectivity index (χ3n) is 1.80. The highest BCUT2D eigenvalue weighted by atomic mass is 31.2. The van der Waals surface area contributed by atoms with Gasteiger partial charge in [-0.1, -0.05) is 0 Å². The van der Waals surface area contributed by atoms with Gasteiger partial charge in [-0.3, -0.25) is 0 Å². The molecule has 0 aromatic heterocycles. The Hall–Kier alpha value is 0.460. The summed E-state index contributed by atoms with van der Waals surface area (Å²) in [5.41, 5.74) is 0. The Morgan fingerprint density at radius 2 is 1.10 bits per heavy atom. The topological polar surface area (TPSA) is 34.1 Å². The van der Waals surface area contributed by atoms with E-state index in [-0.39, 0.29) is 5.40 Å². The van der Waals surface area contributed by atoms with Gasteiger partial charge in [-0.25, -0.2) is 0 Å². The fraction of sp³-hybridized carbons (Fsp3) is 1.00. The number of hydrogen-bond donors (Lipinski definition) is 0. The van der Waals surface area contributed by atoms with E-state index in [0.29, 0.717) is 0 Å². The van der Waals surface area contributed by atoms with E-state index >= 15 is 0 Å². The molecule has 0 heterocycles. The normalized spacial score (nSPS) is 14.2. The number of rotatable bonds is 2. The molecule has 0 saturated heterocycles. The molecule has 0 atom stereocenters. The molecule has 0 aliphatic rings. The Balaban J connectivity index is 4.56. The first-order valence-electron chi connectivity index (χ1n) is 3.25. The molecule has 0 aromatic carbocycles. The first-order valence-corrected chi connectivity index (χ1v) is 8.59. The summed E-state index contributed by atoms with van der Waals surface area (Å²) in [4.78, 5) is 0. The van der Waals surface area contributed by atoms with Gasteiger partial charge in [0.2, 0.25) is 0 Å². The third kappa shape index (κ3) is 3.03. The zero-order valence-corrected chi connectivity index (χ0v) is 9.08. The summed E-state index contributed by atoms with van der Waals surface area (Å²) in [6.45, 7) is 8.57. The second-order valence-electron chi connectivity index (χ2n) is 3.50. The summed E-state index contributed by atoms with van der Waals surface area (Å²) in [5, 5.41) is -0.125. The second kappa shape index (κ2) is 2.83. The van der Waals surface area contributed by atoms with Crippen molar-refractivity contribution >= 4 is 14.3 Å². The van der Waals surface area contributed by atoms with Crippen molar-refractivity contribution in [2.45, 2.75) is 12.3 Å². The van der Waals surface area contributed by atoms with Crippen LogP contribution in [-0.2, 0) is 9.13 Å². The standard InChI is InChI=1S/C6H16O2P2/c1-6(9(2,3)7)10(4,5)8/h6H,1-5H3. The SMILES string of the molecule is CC(P(C)(C)=O)P(C)(C)=O. The van der Waals surface area contributed by atoms with Gasteiger partial charge in [0.1, 0.15) is 0 Å². The summed E-state index contributed by atoms with van der Waals surface area (Å²) in [5.74, 6) is 0. The maximum Gasteiger partial charge on any atom is 0.0915 e. The molecule has 2 nitrogen and oxygen atoms in total. The van der Waals surface area contributed by atoms with Gasteiger partial charge in [-0.05, 0) is 33.6 Å². The van der Waals surface area contributed by atoms with Crippen LogP contribution in [-0.4, -0.2) is 32.1 Å². The van der Waals surface area contributed by atoms with Gasteiger partial charge in [0.25, 0.3) is 0 Å². The fourth-order valence-electron chi connectivity index (χ4n) is 0.670. The van der Waals surface area contributed by atoms with Crippen LogP contribution in [0.25, 0.3) is 0 Å². The highest BCUT2D eigenvalue weighted by Crippen LogP contribution is 2.60. The van der Waals surface area contributed by atoms with E-state index in [9.17, 15) is 9.13 Å². The summed E-state index contributed by atoms with van der Waals surface area (Å²) in [7, 11) is -4.28. The summed E-state index contributed by atoms with van der Waals surface area (Å²) >= 11 is 0. The summed E-state index contributed by atoms with van der Waals surface area (Å²) in [6, 6.07) is 0. The van der Waals surface area contributed by atoms with Crippen molar-refractivity contribution in [3.05, 3.63) is 0 Å².